The molecule has 0 saturated carbocycles. The van der Waals surface area contributed by atoms with Crippen LogP contribution in [0.2, 0.25) is 0 Å². The van der Waals surface area contributed by atoms with Gasteiger partial charge in [-0.25, -0.2) is 8.42 Å². The highest BCUT2D eigenvalue weighted by Gasteiger charge is 2.28. The van der Waals surface area contributed by atoms with E-state index in [9.17, 15) is 8.42 Å². The molecule has 1 aliphatic heterocycles. The number of nitrogens with one attached hydrogen (secondary N) is 1. The minimum absolute atomic E-state index is 0.246. The average molecular weight is 248 g/mol. The summed E-state index contributed by atoms with van der Waals surface area (Å²) in [6, 6.07) is 0. The predicted molar refractivity (Wildman–Crippen MR) is 67.4 cm³/mol. The molecule has 0 amide bonds. The summed E-state index contributed by atoms with van der Waals surface area (Å²) >= 11 is 0. The van der Waals surface area contributed by atoms with Gasteiger partial charge in [-0.2, -0.15) is 0 Å². The van der Waals surface area contributed by atoms with E-state index in [-0.39, 0.29) is 5.41 Å². The molecule has 0 spiro atoms. The van der Waals surface area contributed by atoms with E-state index in [4.69, 9.17) is 0 Å². The Kier molecular flexibility index (Phi) is 4.76. The van der Waals surface area contributed by atoms with Crippen LogP contribution in [0.1, 0.15) is 20.3 Å². The molecule has 4 nitrogen and oxygen atoms in total. The van der Waals surface area contributed by atoms with Crippen LogP contribution in [-0.2, 0) is 9.84 Å². The largest absolute Gasteiger partial charge is 0.319 e. The molecule has 0 aromatic rings. The van der Waals surface area contributed by atoms with Gasteiger partial charge in [0.1, 0.15) is 0 Å². The van der Waals surface area contributed by atoms with Gasteiger partial charge in [-0.1, -0.05) is 13.8 Å². The zero-order valence-electron chi connectivity index (χ0n) is 10.6. The lowest BCUT2D eigenvalue weighted by Crippen LogP contribution is -2.47. The van der Waals surface area contributed by atoms with Crippen molar-refractivity contribution in [3.8, 4) is 0 Å². The summed E-state index contributed by atoms with van der Waals surface area (Å²) in [5, 5.41) is 3.22. The third-order valence-electron chi connectivity index (χ3n) is 3.50. The second-order valence-corrected chi connectivity index (χ2v) is 7.43. The molecule has 0 radical (unpaired) electrons. The molecule has 1 unspecified atom stereocenters. The Morgan fingerprint density at radius 2 is 1.88 bits per heavy atom. The smallest absolute Gasteiger partial charge is 0.152 e. The molecule has 0 aromatic heterocycles. The normalized spacial score (nSPS) is 25.2. The first-order chi connectivity index (χ1) is 7.41. The van der Waals surface area contributed by atoms with Crippen LogP contribution >= 0.6 is 0 Å². The highest BCUT2D eigenvalue weighted by atomic mass is 32.2. The second-order valence-electron chi connectivity index (χ2n) is 5.12. The van der Waals surface area contributed by atoms with Gasteiger partial charge in [0.2, 0.25) is 0 Å². The third kappa shape index (κ3) is 4.03. The molecule has 1 rings (SSSR count). The first kappa shape index (κ1) is 13.9. The van der Waals surface area contributed by atoms with Crippen LogP contribution in [-0.4, -0.2) is 58.1 Å². The minimum Gasteiger partial charge on any atom is -0.319 e. The van der Waals surface area contributed by atoms with Crippen molar-refractivity contribution in [3.05, 3.63) is 0 Å². The summed E-state index contributed by atoms with van der Waals surface area (Å²) in [4.78, 5) is 2.28. The Morgan fingerprint density at radius 3 is 2.31 bits per heavy atom. The zero-order valence-corrected chi connectivity index (χ0v) is 11.4. The van der Waals surface area contributed by atoms with Crippen LogP contribution in [0.15, 0.2) is 0 Å². The summed E-state index contributed by atoms with van der Waals surface area (Å²) in [5.41, 5.74) is 0.246. The van der Waals surface area contributed by atoms with Crippen LogP contribution in [0, 0.1) is 5.41 Å². The SMILES string of the molecule is CCC(C)(CNC)CN1CCS(=O)(=O)CC1. The highest BCUT2D eigenvalue weighted by Crippen LogP contribution is 2.22. The lowest BCUT2D eigenvalue weighted by atomic mass is 9.87. The van der Waals surface area contributed by atoms with Crippen LogP contribution in [0.4, 0.5) is 0 Å². The average Bonchev–Trinajstić information content (AvgIpc) is 2.22. The van der Waals surface area contributed by atoms with E-state index in [1.54, 1.807) is 0 Å². The lowest BCUT2D eigenvalue weighted by Gasteiger charge is -2.36. The van der Waals surface area contributed by atoms with E-state index in [2.05, 4.69) is 24.1 Å². The molecule has 1 heterocycles. The minimum atomic E-state index is -2.75. The van der Waals surface area contributed by atoms with Crippen molar-refractivity contribution in [1.82, 2.24) is 10.2 Å². The van der Waals surface area contributed by atoms with E-state index >= 15 is 0 Å². The van der Waals surface area contributed by atoms with E-state index in [0.29, 0.717) is 24.6 Å². The zero-order chi connectivity index (χ0) is 12.2. The maximum atomic E-state index is 11.3. The van der Waals surface area contributed by atoms with E-state index < -0.39 is 9.84 Å². The molecule has 1 atom stereocenters. The molecular weight excluding hydrogens is 224 g/mol. The van der Waals surface area contributed by atoms with Gasteiger partial charge < -0.3 is 10.2 Å². The maximum absolute atomic E-state index is 11.3. The second kappa shape index (κ2) is 5.47. The quantitative estimate of drug-likeness (QED) is 0.763. The van der Waals surface area contributed by atoms with Crippen LogP contribution in [0.25, 0.3) is 0 Å². The van der Waals surface area contributed by atoms with Crippen molar-refractivity contribution in [2.75, 3.05) is 44.7 Å². The molecule has 16 heavy (non-hydrogen) atoms. The summed E-state index contributed by atoms with van der Waals surface area (Å²) in [6.45, 7) is 7.81. The Bertz CT molecular complexity index is 302. The third-order valence-corrected chi connectivity index (χ3v) is 5.11. The maximum Gasteiger partial charge on any atom is 0.152 e. The van der Waals surface area contributed by atoms with Crippen LogP contribution in [0.3, 0.4) is 0 Å². The van der Waals surface area contributed by atoms with Gasteiger partial charge in [0.15, 0.2) is 9.84 Å². The van der Waals surface area contributed by atoms with E-state index in [1.807, 2.05) is 7.05 Å². The summed E-state index contributed by atoms with van der Waals surface area (Å²) in [5.74, 6) is 0.651. The first-order valence-corrected chi connectivity index (χ1v) is 7.80. The molecule has 1 fully saturated rings. The number of hydrogen-bond donors (Lipinski definition) is 1. The van der Waals surface area contributed by atoms with Gasteiger partial charge in [0, 0.05) is 26.2 Å². The van der Waals surface area contributed by atoms with Gasteiger partial charge in [-0.15, -0.1) is 0 Å². The molecule has 0 bridgehead atoms. The van der Waals surface area contributed by atoms with E-state index in [0.717, 1.165) is 19.5 Å². The molecule has 5 heteroatoms. The predicted octanol–water partition coefficient (Wildman–Crippen LogP) is 0.353. The van der Waals surface area contributed by atoms with Crippen molar-refractivity contribution in [2.24, 2.45) is 5.41 Å². The van der Waals surface area contributed by atoms with Crippen LogP contribution < -0.4 is 5.32 Å². The fraction of sp³-hybridized carbons (Fsp3) is 1.00. The van der Waals surface area contributed by atoms with Gasteiger partial charge in [0.25, 0.3) is 0 Å². The Hall–Kier alpha value is -0.130. The number of rotatable bonds is 5. The molecule has 1 saturated heterocycles. The van der Waals surface area contributed by atoms with Crippen molar-refractivity contribution in [1.29, 1.82) is 0 Å². The molecule has 96 valence electrons. The summed E-state index contributed by atoms with van der Waals surface area (Å²) in [7, 11) is -0.781. The number of hydrogen-bond acceptors (Lipinski definition) is 4. The van der Waals surface area contributed by atoms with Gasteiger partial charge in [-0.3, -0.25) is 0 Å². The molecule has 0 aromatic carbocycles. The van der Waals surface area contributed by atoms with Crippen LogP contribution in [0.5, 0.6) is 0 Å². The van der Waals surface area contributed by atoms with Crippen molar-refractivity contribution >= 4 is 9.84 Å². The van der Waals surface area contributed by atoms with Crippen molar-refractivity contribution in [3.63, 3.8) is 0 Å². The fourth-order valence-electron chi connectivity index (χ4n) is 2.17. The summed E-state index contributed by atoms with van der Waals surface area (Å²) in [6.07, 6.45) is 1.11. The summed E-state index contributed by atoms with van der Waals surface area (Å²) < 4.78 is 22.6. The molecule has 0 aliphatic carbocycles. The monoisotopic (exact) mass is 248 g/mol. The van der Waals surface area contributed by atoms with Crippen molar-refractivity contribution in [2.45, 2.75) is 20.3 Å². The lowest BCUT2D eigenvalue weighted by molar-refractivity contribution is 0.166. The topological polar surface area (TPSA) is 49.4 Å². The van der Waals surface area contributed by atoms with Gasteiger partial charge >= 0.3 is 0 Å². The van der Waals surface area contributed by atoms with Crippen molar-refractivity contribution < 1.29 is 8.42 Å². The fourth-order valence-corrected chi connectivity index (χ4v) is 3.44. The molecule has 1 aliphatic rings. The van der Waals surface area contributed by atoms with Gasteiger partial charge in [-0.05, 0) is 18.9 Å². The first-order valence-electron chi connectivity index (χ1n) is 5.98. The molecule has 1 N–H and O–H groups in total. The standard InChI is InChI=1S/C11H24N2O2S/c1-4-11(2,9-12-3)10-13-5-7-16(14,15)8-6-13/h12H,4-10H2,1-3H3. The number of nitrogens with zero attached hydrogens (tertiary/aromatic N) is 1. The van der Waals surface area contributed by atoms with E-state index in [1.165, 1.54) is 0 Å². The Balaban J connectivity index is 2.48. The Morgan fingerprint density at radius 1 is 1.31 bits per heavy atom. The highest BCUT2D eigenvalue weighted by molar-refractivity contribution is 7.91. The molecular formula is C11H24N2O2S. The number of sulfone groups is 1. The Labute approximate surface area is 99.3 Å². The van der Waals surface area contributed by atoms with Gasteiger partial charge in [0.05, 0.1) is 11.5 Å².